The number of esters is 1. The Morgan fingerprint density at radius 1 is 0.923 bits per heavy atom. The molecule has 4 aliphatic rings. The fourth-order valence-electron chi connectivity index (χ4n) is 10.2. The van der Waals surface area contributed by atoms with Crippen molar-refractivity contribution in [1.82, 2.24) is 4.90 Å². The minimum absolute atomic E-state index is 0.00325. The number of hydrogen-bond donors (Lipinski definition) is 2. The van der Waals surface area contributed by atoms with Crippen molar-refractivity contribution in [3.8, 4) is 0 Å². The average Bonchev–Trinajstić information content (AvgIpc) is 3.26. The van der Waals surface area contributed by atoms with Crippen molar-refractivity contribution in [2.24, 2.45) is 40.9 Å². The van der Waals surface area contributed by atoms with E-state index in [0.717, 1.165) is 5.57 Å². The molecule has 366 valence electrons. The molecular formula is C52H80FNO11. The van der Waals surface area contributed by atoms with Crippen LogP contribution in [-0.2, 0) is 42.9 Å². The molecule has 14 atom stereocenters. The first-order valence-electron chi connectivity index (χ1n) is 24.1. The first-order chi connectivity index (χ1) is 30.5. The van der Waals surface area contributed by atoms with Crippen LogP contribution in [-0.4, -0.2) is 114 Å². The number of rotatable bonds is 5. The maximum absolute atomic E-state index is 16.2. The number of nitrogens with zero attached hydrogens (tertiary/aromatic N) is 1. The largest absolute Gasteiger partial charge is 0.460 e. The van der Waals surface area contributed by atoms with Crippen LogP contribution in [0.2, 0.25) is 0 Å². The van der Waals surface area contributed by atoms with Gasteiger partial charge in [-0.25, -0.2) is 9.18 Å². The summed E-state index contributed by atoms with van der Waals surface area (Å²) in [5, 5.41) is 22.4. The third-order valence-electron chi connectivity index (χ3n) is 14.9. The summed E-state index contributed by atoms with van der Waals surface area (Å²) in [7, 11) is 2.87. The summed E-state index contributed by atoms with van der Waals surface area (Å²) in [5.41, 5.74) is 0.804. The molecule has 1 aliphatic carbocycles. The molecule has 4 rings (SSSR count). The van der Waals surface area contributed by atoms with E-state index in [2.05, 4.69) is 13.8 Å². The van der Waals surface area contributed by atoms with Crippen molar-refractivity contribution in [2.45, 2.75) is 188 Å². The maximum Gasteiger partial charge on any atom is 0.329 e. The number of ether oxygens (including phenoxy) is 4. The molecule has 1 saturated carbocycles. The molecule has 14 unspecified atom stereocenters. The summed E-state index contributed by atoms with van der Waals surface area (Å²) in [5.74, 6) is -8.24. The smallest absolute Gasteiger partial charge is 0.329 e. The van der Waals surface area contributed by atoms with E-state index in [1.165, 1.54) is 25.0 Å². The number of methoxy groups -OCH3 is 2. The lowest BCUT2D eigenvalue weighted by Crippen LogP contribution is -2.61. The summed E-state index contributed by atoms with van der Waals surface area (Å²) < 4.78 is 39.7. The zero-order chi connectivity index (χ0) is 48.4. The summed E-state index contributed by atoms with van der Waals surface area (Å²) >= 11 is 0. The third-order valence-corrected chi connectivity index (χ3v) is 14.9. The van der Waals surface area contributed by atoms with Crippen LogP contribution in [0.1, 0.15) is 139 Å². The lowest BCUT2D eigenvalue weighted by atomic mass is 9.76. The van der Waals surface area contributed by atoms with Crippen molar-refractivity contribution < 1.29 is 57.5 Å². The number of Topliss-reactive ketones (excluding diaryl/α,β-unsaturated/α-hetero) is 3. The van der Waals surface area contributed by atoms with Gasteiger partial charge >= 0.3 is 5.97 Å². The maximum atomic E-state index is 16.2. The molecule has 2 bridgehead atoms. The lowest BCUT2D eigenvalue weighted by Gasteiger charge is -2.44. The van der Waals surface area contributed by atoms with Gasteiger partial charge in [0.2, 0.25) is 5.79 Å². The van der Waals surface area contributed by atoms with E-state index in [0.29, 0.717) is 64.2 Å². The van der Waals surface area contributed by atoms with Crippen LogP contribution >= 0.6 is 0 Å². The number of aliphatic hydroxyl groups is 2. The Labute approximate surface area is 387 Å². The molecule has 65 heavy (non-hydrogen) atoms. The van der Waals surface area contributed by atoms with Gasteiger partial charge in [-0.15, -0.1) is 0 Å². The molecule has 12 nitrogen and oxygen atoms in total. The highest BCUT2D eigenvalue weighted by molar-refractivity contribution is 6.39. The predicted octanol–water partition coefficient (Wildman–Crippen LogP) is 8.17. The zero-order valence-corrected chi connectivity index (χ0v) is 41.1. The van der Waals surface area contributed by atoms with Gasteiger partial charge in [-0.3, -0.25) is 19.2 Å². The van der Waals surface area contributed by atoms with Gasteiger partial charge in [0.1, 0.15) is 17.9 Å². The molecule has 3 aliphatic heterocycles. The van der Waals surface area contributed by atoms with Crippen molar-refractivity contribution in [3.05, 3.63) is 47.6 Å². The van der Waals surface area contributed by atoms with E-state index in [1.807, 2.05) is 51.2 Å². The summed E-state index contributed by atoms with van der Waals surface area (Å²) in [4.78, 5) is 71.7. The van der Waals surface area contributed by atoms with Crippen molar-refractivity contribution in [2.75, 3.05) is 20.8 Å². The first kappa shape index (κ1) is 54.2. The Balaban J connectivity index is 1.71. The fourth-order valence-corrected chi connectivity index (χ4v) is 10.2. The number of hydrogen-bond acceptors (Lipinski definition) is 11. The monoisotopic (exact) mass is 914 g/mol. The second kappa shape index (κ2) is 24.1. The molecule has 1 amide bonds. The Hall–Kier alpha value is -3.36. The van der Waals surface area contributed by atoms with Crippen LogP contribution in [0.3, 0.4) is 0 Å². The van der Waals surface area contributed by atoms with E-state index in [-0.39, 0.29) is 60.4 Å². The van der Waals surface area contributed by atoms with E-state index < -0.39 is 83.2 Å². The van der Waals surface area contributed by atoms with Gasteiger partial charge < -0.3 is 34.1 Å². The number of amides is 1. The van der Waals surface area contributed by atoms with Crippen LogP contribution in [0.4, 0.5) is 4.39 Å². The minimum atomic E-state index is -2.40. The zero-order valence-electron chi connectivity index (χ0n) is 41.1. The number of aliphatic hydroxyl groups excluding tert-OH is 1. The summed E-state index contributed by atoms with van der Waals surface area (Å²) in [6.45, 7) is 16.7. The van der Waals surface area contributed by atoms with Gasteiger partial charge in [0.05, 0.1) is 18.3 Å². The number of fused-ring (bicyclic) bond motifs is 3. The normalized spacial score (nSPS) is 40.1. The van der Waals surface area contributed by atoms with Crippen LogP contribution < -0.4 is 0 Å². The Kier molecular flexibility index (Phi) is 20.1. The highest BCUT2D eigenvalue weighted by atomic mass is 19.1. The molecule has 3 fully saturated rings. The van der Waals surface area contributed by atoms with Gasteiger partial charge in [0.15, 0.2) is 18.1 Å². The van der Waals surface area contributed by atoms with E-state index in [1.54, 1.807) is 27.9 Å². The highest BCUT2D eigenvalue weighted by Crippen LogP contribution is 2.41. The van der Waals surface area contributed by atoms with Crippen LogP contribution in [0.25, 0.3) is 0 Å². The number of allylic oxidation sites excluding steroid dienone is 7. The number of alkyl halides is 1. The minimum Gasteiger partial charge on any atom is -0.460 e. The van der Waals surface area contributed by atoms with Crippen LogP contribution in [0.5, 0.6) is 0 Å². The van der Waals surface area contributed by atoms with Crippen LogP contribution in [0.15, 0.2) is 47.6 Å². The molecule has 0 aromatic rings. The Morgan fingerprint density at radius 3 is 2.31 bits per heavy atom. The molecular weight excluding hydrogens is 834 g/mol. The van der Waals surface area contributed by atoms with Gasteiger partial charge in [-0.05, 0) is 113 Å². The lowest BCUT2D eigenvalue weighted by molar-refractivity contribution is -0.266. The molecule has 0 spiro atoms. The molecule has 0 radical (unpaired) electrons. The number of halogens is 1. The molecule has 2 N–H and O–H groups in total. The second-order valence-electron chi connectivity index (χ2n) is 20.6. The quantitative estimate of drug-likeness (QED) is 0.155. The number of cyclic esters (lactones) is 1. The van der Waals surface area contributed by atoms with Crippen molar-refractivity contribution in [3.63, 3.8) is 0 Å². The average molecular weight is 914 g/mol. The number of carbonyl (C=O) groups is 5. The van der Waals surface area contributed by atoms with E-state index in [4.69, 9.17) is 18.9 Å². The highest BCUT2D eigenvalue weighted by Gasteiger charge is 2.53. The van der Waals surface area contributed by atoms with Gasteiger partial charge in [-0.1, -0.05) is 90.5 Å². The second-order valence-corrected chi connectivity index (χ2v) is 20.6. The standard InChI is InChI=1S/C52H80FNO11/c1-31-17-13-12-14-18-36(6)51(8,9)30-39-22-20-37(7)52(61,65-39)48(58)49(59)54-24-16-15-19-40(54)50(60)64-43(33(3)27-38-21-23-41(55)44(28-38)62-10)29-42(56)32(2)26-34(4)45(53)47(63-11)46(57)35(5)25-31/h12-14,17-18,26,31-33,35,37-41,43-45,47,55,61H,15-16,19-25,27-30H2,1-11H3/b14-12+,17-13+,34-26+,36-18+. The molecule has 2 saturated heterocycles. The summed E-state index contributed by atoms with van der Waals surface area (Å²) in [6.07, 6.45) is 11.1. The van der Waals surface area contributed by atoms with Gasteiger partial charge in [-0.2, -0.15) is 0 Å². The summed E-state index contributed by atoms with van der Waals surface area (Å²) in [6, 6.07) is -1.14. The van der Waals surface area contributed by atoms with Crippen LogP contribution in [0, 0.1) is 40.9 Å². The predicted molar refractivity (Wildman–Crippen MR) is 247 cm³/mol. The number of ketones is 3. The molecule has 0 aromatic heterocycles. The van der Waals surface area contributed by atoms with Crippen molar-refractivity contribution in [1.29, 1.82) is 0 Å². The molecule has 3 heterocycles. The third kappa shape index (κ3) is 14.1. The van der Waals surface area contributed by atoms with Gasteiger partial charge in [0.25, 0.3) is 11.7 Å². The Morgan fingerprint density at radius 2 is 1.63 bits per heavy atom. The molecule has 0 aromatic carbocycles. The SMILES string of the molecule is COC1CC(CC(C)C2CC(=O)C(C)/C=C(\C)C(F)C(OC)C(=O)C(C)CC(C)/C=C/C=C/C=C(\C)C(C)(C)CC3CCC(C)C(O)(O3)C(=O)C(=O)N3CCCCC3C(=O)O2)CCC1O. The fraction of sp³-hybridized carbons (Fsp3) is 0.750. The first-order valence-corrected chi connectivity index (χ1v) is 24.1. The van der Waals surface area contributed by atoms with Gasteiger partial charge in [0, 0.05) is 44.9 Å². The van der Waals surface area contributed by atoms with E-state index in [9.17, 15) is 34.2 Å². The number of carbonyl (C=O) groups excluding carboxylic acids is 5. The number of piperidine rings is 1. The van der Waals surface area contributed by atoms with Crippen molar-refractivity contribution >= 4 is 29.2 Å². The Bertz CT molecular complexity index is 1790. The van der Waals surface area contributed by atoms with E-state index >= 15 is 4.39 Å². The molecule has 13 heteroatoms. The topological polar surface area (TPSA) is 166 Å².